The van der Waals surface area contributed by atoms with E-state index in [4.69, 9.17) is 0 Å². The van der Waals surface area contributed by atoms with Crippen molar-refractivity contribution >= 4 is 19.4 Å². The normalized spacial score (nSPS) is 23.2. The van der Waals surface area contributed by atoms with Crippen molar-refractivity contribution in [1.82, 2.24) is 10.2 Å². The minimum atomic E-state index is -0.375. The van der Waals surface area contributed by atoms with Crippen LogP contribution in [0.5, 0.6) is 0 Å². The minimum Gasteiger partial charge on any atom is -0.392 e. The van der Waals surface area contributed by atoms with Crippen LogP contribution in [0.3, 0.4) is 0 Å². The summed E-state index contributed by atoms with van der Waals surface area (Å²) in [6.07, 6.45) is 0.162. The summed E-state index contributed by atoms with van der Waals surface area (Å²) >= 11 is 0. The lowest BCUT2D eigenvalue weighted by Crippen LogP contribution is -2.49. The van der Waals surface area contributed by atoms with E-state index in [0.717, 1.165) is 0 Å². The number of hydrogen-bond acceptors (Lipinski definition) is 3. The van der Waals surface area contributed by atoms with Crippen LogP contribution in [0, 0.1) is 0 Å². The van der Waals surface area contributed by atoms with E-state index in [-0.39, 0.29) is 51.1 Å². The van der Waals surface area contributed by atoms with Crippen LogP contribution in [-0.2, 0) is 4.79 Å². The number of nitrogens with one attached hydrogen (secondary N) is 1. The molecule has 1 saturated heterocycles. The fourth-order valence-electron chi connectivity index (χ4n) is 2.19. The first-order valence-corrected chi connectivity index (χ1v) is 5.67. The highest BCUT2D eigenvalue weighted by atomic mass is 32.1. The molecule has 1 rings (SSSR count). The predicted molar refractivity (Wildman–Crippen MR) is 76.6 cm³/mol. The number of amides is 1. The Hall–Kier alpha value is -0.260. The molecule has 104 valence electrons. The second-order valence-electron chi connectivity index (χ2n) is 4.78. The first kappa shape index (κ1) is 19.1. The molecule has 2 atom stereocenters. The molecule has 5 heteroatoms. The third-order valence-corrected chi connectivity index (χ3v) is 2.77. The molecule has 0 bridgehead atoms. The molecule has 0 spiro atoms. The van der Waals surface area contributed by atoms with Crippen molar-refractivity contribution in [3.05, 3.63) is 0 Å². The summed E-state index contributed by atoms with van der Waals surface area (Å²) in [4.78, 5) is 14.0. The van der Waals surface area contributed by atoms with Gasteiger partial charge in [0.1, 0.15) is 0 Å². The molecule has 1 amide bonds. The maximum absolute atomic E-state index is 12.1. The zero-order chi connectivity index (χ0) is 11.6. The van der Waals surface area contributed by atoms with Gasteiger partial charge in [0, 0.05) is 18.6 Å². The van der Waals surface area contributed by atoms with Crippen molar-refractivity contribution < 1.29 is 9.90 Å². The molecule has 1 fully saturated rings. The van der Waals surface area contributed by atoms with Gasteiger partial charge < -0.3 is 15.3 Å². The van der Waals surface area contributed by atoms with Crippen molar-refractivity contribution in [1.29, 1.82) is 0 Å². The van der Waals surface area contributed by atoms with Crippen LogP contribution in [0.25, 0.3) is 0 Å². The Morgan fingerprint density at radius 2 is 1.76 bits per heavy atom. The molecule has 2 N–H and O–H groups in total. The SMILES string of the molecule is C.CC(C)N(C(=O)C1C[C@@H](O)CN1)C(C)C.S. The summed E-state index contributed by atoms with van der Waals surface area (Å²) in [6.45, 7) is 8.60. The van der Waals surface area contributed by atoms with E-state index in [1.807, 2.05) is 32.6 Å². The van der Waals surface area contributed by atoms with E-state index in [1.54, 1.807) is 0 Å². The molecule has 17 heavy (non-hydrogen) atoms. The van der Waals surface area contributed by atoms with Crippen molar-refractivity contribution in [2.24, 2.45) is 0 Å². The fourth-order valence-corrected chi connectivity index (χ4v) is 2.19. The van der Waals surface area contributed by atoms with E-state index in [0.29, 0.717) is 13.0 Å². The van der Waals surface area contributed by atoms with Gasteiger partial charge in [0.15, 0.2) is 0 Å². The Labute approximate surface area is 112 Å². The lowest BCUT2D eigenvalue weighted by Gasteiger charge is -2.33. The molecule has 0 aromatic heterocycles. The summed E-state index contributed by atoms with van der Waals surface area (Å²) < 4.78 is 0. The standard InChI is InChI=1S/C11H22N2O2.CH4.H2S/c1-7(2)13(8(3)4)11(15)10-5-9(14)6-12-10;;/h7-10,12,14H,5-6H2,1-4H3;1H4;1H2/t9-,10?;;/m1../s1. The molecule has 0 aromatic rings. The van der Waals surface area contributed by atoms with Gasteiger partial charge in [0.2, 0.25) is 5.91 Å². The lowest BCUT2D eigenvalue weighted by atomic mass is 10.1. The van der Waals surface area contributed by atoms with Crippen LogP contribution in [0.15, 0.2) is 0 Å². The Kier molecular flexibility index (Phi) is 8.93. The summed E-state index contributed by atoms with van der Waals surface area (Å²) in [7, 11) is 0. The average Bonchev–Trinajstić information content (AvgIpc) is 2.50. The van der Waals surface area contributed by atoms with Crippen molar-refractivity contribution in [2.45, 2.75) is 65.8 Å². The largest absolute Gasteiger partial charge is 0.392 e. The van der Waals surface area contributed by atoms with E-state index >= 15 is 0 Å². The van der Waals surface area contributed by atoms with E-state index < -0.39 is 0 Å². The van der Waals surface area contributed by atoms with Crippen molar-refractivity contribution in [3.63, 3.8) is 0 Å². The Bertz CT molecular complexity index is 227. The molecular formula is C12H28N2O2S. The van der Waals surface area contributed by atoms with Gasteiger partial charge in [-0.15, -0.1) is 0 Å². The highest BCUT2D eigenvalue weighted by molar-refractivity contribution is 7.59. The Balaban J connectivity index is 0. The van der Waals surface area contributed by atoms with E-state index in [2.05, 4.69) is 5.32 Å². The lowest BCUT2D eigenvalue weighted by molar-refractivity contribution is -0.136. The molecule has 1 unspecified atom stereocenters. The second-order valence-corrected chi connectivity index (χ2v) is 4.78. The van der Waals surface area contributed by atoms with Crippen LogP contribution in [0.4, 0.5) is 0 Å². The maximum atomic E-state index is 12.1. The fraction of sp³-hybridized carbons (Fsp3) is 0.917. The monoisotopic (exact) mass is 264 g/mol. The van der Waals surface area contributed by atoms with Crippen LogP contribution in [0.1, 0.15) is 41.5 Å². The number of carbonyl (C=O) groups excluding carboxylic acids is 1. The van der Waals surface area contributed by atoms with Gasteiger partial charge in [-0.2, -0.15) is 13.5 Å². The van der Waals surface area contributed by atoms with Crippen LogP contribution in [-0.4, -0.2) is 46.7 Å². The third-order valence-electron chi connectivity index (χ3n) is 2.77. The van der Waals surface area contributed by atoms with E-state index in [9.17, 15) is 9.90 Å². The van der Waals surface area contributed by atoms with Gasteiger partial charge in [-0.25, -0.2) is 0 Å². The molecule has 0 radical (unpaired) electrons. The van der Waals surface area contributed by atoms with Gasteiger partial charge in [-0.05, 0) is 34.1 Å². The number of hydrogen-bond donors (Lipinski definition) is 2. The van der Waals surface area contributed by atoms with Gasteiger partial charge in [-0.1, -0.05) is 7.43 Å². The van der Waals surface area contributed by atoms with Gasteiger partial charge in [0.25, 0.3) is 0 Å². The number of carbonyl (C=O) groups is 1. The quantitative estimate of drug-likeness (QED) is 0.803. The van der Waals surface area contributed by atoms with Crippen LogP contribution < -0.4 is 5.32 Å². The van der Waals surface area contributed by atoms with Crippen molar-refractivity contribution in [2.75, 3.05) is 6.54 Å². The number of rotatable bonds is 3. The third kappa shape index (κ3) is 4.85. The first-order chi connectivity index (χ1) is 6.93. The molecule has 0 aliphatic carbocycles. The van der Waals surface area contributed by atoms with Gasteiger partial charge in [0.05, 0.1) is 12.1 Å². The summed E-state index contributed by atoms with van der Waals surface area (Å²) in [5.41, 5.74) is 0. The minimum absolute atomic E-state index is 0. The Morgan fingerprint density at radius 1 is 1.29 bits per heavy atom. The summed E-state index contributed by atoms with van der Waals surface area (Å²) in [5, 5.41) is 12.4. The summed E-state index contributed by atoms with van der Waals surface area (Å²) in [5.74, 6) is 0.108. The topological polar surface area (TPSA) is 52.6 Å². The van der Waals surface area contributed by atoms with Gasteiger partial charge in [-0.3, -0.25) is 4.79 Å². The number of β-amino-alcohol motifs (C(OH)–C–C–N with tert-alkyl or cyclic N) is 1. The van der Waals surface area contributed by atoms with Crippen LogP contribution in [0.2, 0.25) is 0 Å². The van der Waals surface area contributed by atoms with E-state index in [1.165, 1.54) is 0 Å². The molecule has 1 aliphatic rings. The summed E-state index contributed by atoms with van der Waals surface area (Å²) in [6, 6.07) is 0.207. The average molecular weight is 264 g/mol. The number of aliphatic hydroxyl groups excluding tert-OH is 1. The highest BCUT2D eigenvalue weighted by Crippen LogP contribution is 2.14. The zero-order valence-corrected chi connectivity index (χ0v) is 11.5. The number of nitrogens with zero attached hydrogens (tertiary/aromatic N) is 1. The molecule has 0 aromatic carbocycles. The Morgan fingerprint density at radius 3 is 2.06 bits per heavy atom. The maximum Gasteiger partial charge on any atom is 0.240 e. The molecule has 4 nitrogen and oxygen atoms in total. The second kappa shape index (κ2) is 7.95. The molecule has 1 aliphatic heterocycles. The smallest absolute Gasteiger partial charge is 0.240 e. The van der Waals surface area contributed by atoms with Crippen LogP contribution >= 0.6 is 13.5 Å². The number of aliphatic hydroxyl groups is 1. The molecule has 1 heterocycles. The van der Waals surface area contributed by atoms with Crippen molar-refractivity contribution in [3.8, 4) is 0 Å². The first-order valence-electron chi connectivity index (χ1n) is 5.67. The molecular weight excluding hydrogens is 236 g/mol. The molecule has 0 saturated carbocycles. The zero-order valence-electron chi connectivity index (χ0n) is 10.5. The highest BCUT2D eigenvalue weighted by Gasteiger charge is 2.33. The predicted octanol–water partition coefficient (Wildman–Crippen LogP) is 1.10. The van der Waals surface area contributed by atoms with Gasteiger partial charge >= 0.3 is 0 Å².